The molecule has 1 heterocycles. The lowest BCUT2D eigenvalue weighted by molar-refractivity contribution is 0.360. The Bertz CT molecular complexity index is 350. The van der Waals surface area contributed by atoms with Crippen molar-refractivity contribution < 1.29 is 9.84 Å². The van der Waals surface area contributed by atoms with Gasteiger partial charge in [-0.2, -0.15) is 0 Å². The predicted molar refractivity (Wildman–Crippen MR) is 55.3 cm³/mol. The Balaban J connectivity index is 2.41. The maximum Gasteiger partial charge on any atom is 0.162 e. The summed E-state index contributed by atoms with van der Waals surface area (Å²) < 4.78 is 5.03. The fourth-order valence-electron chi connectivity index (χ4n) is 1.57. The van der Waals surface area contributed by atoms with E-state index in [0.717, 1.165) is 18.7 Å². The standard InChI is InChI=1S/C10H12ClNO2/c1-14-9-3-7(11)2-8(10(9)13)6-4-12-5-6/h2-3,6,12-13H,4-5H2,1H3. The van der Waals surface area contributed by atoms with Crippen molar-refractivity contribution in [3.05, 3.63) is 22.7 Å². The molecule has 2 rings (SSSR count). The molecule has 76 valence electrons. The highest BCUT2D eigenvalue weighted by molar-refractivity contribution is 6.30. The number of halogens is 1. The molecule has 0 saturated carbocycles. The Morgan fingerprint density at radius 3 is 2.71 bits per heavy atom. The van der Waals surface area contributed by atoms with Crippen molar-refractivity contribution in [1.29, 1.82) is 0 Å². The fourth-order valence-corrected chi connectivity index (χ4v) is 1.79. The van der Waals surface area contributed by atoms with Crippen LogP contribution < -0.4 is 10.1 Å². The van der Waals surface area contributed by atoms with Gasteiger partial charge >= 0.3 is 0 Å². The number of aromatic hydroxyl groups is 1. The van der Waals surface area contributed by atoms with Gasteiger partial charge in [0.2, 0.25) is 0 Å². The van der Waals surface area contributed by atoms with E-state index in [1.54, 1.807) is 12.1 Å². The Labute approximate surface area is 87.6 Å². The van der Waals surface area contributed by atoms with Gasteiger partial charge < -0.3 is 15.2 Å². The molecule has 3 nitrogen and oxygen atoms in total. The smallest absolute Gasteiger partial charge is 0.162 e. The lowest BCUT2D eigenvalue weighted by Gasteiger charge is -2.28. The summed E-state index contributed by atoms with van der Waals surface area (Å²) >= 11 is 5.91. The van der Waals surface area contributed by atoms with Crippen LogP contribution in [0, 0.1) is 0 Å². The third kappa shape index (κ3) is 1.53. The molecule has 1 saturated heterocycles. The van der Waals surface area contributed by atoms with Gasteiger partial charge in [-0.25, -0.2) is 0 Å². The zero-order valence-corrected chi connectivity index (χ0v) is 8.64. The summed E-state index contributed by atoms with van der Waals surface area (Å²) in [6.07, 6.45) is 0. The average molecular weight is 214 g/mol. The van der Waals surface area contributed by atoms with Crippen LogP contribution in [-0.4, -0.2) is 25.3 Å². The van der Waals surface area contributed by atoms with Crippen molar-refractivity contribution >= 4 is 11.6 Å². The molecule has 0 spiro atoms. The molecule has 1 aliphatic rings. The van der Waals surface area contributed by atoms with Gasteiger partial charge in [-0.3, -0.25) is 0 Å². The number of phenols is 1. The van der Waals surface area contributed by atoms with Crippen molar-refractivity contribution in [1.82, 2.24) is 5.32 Å². The topological polar surface area (TPSA) is 41.5 Å². The van der Waals surface area contributed by atoms with Gasteiger partial charge in [0, 0.05) is 35.7 Å². The van der Waals surface area contributed by atoms with E-state index in [4.69, 9.17) is 16.3 Å². The minimum absolute atomic E-state index is 0.211. The highest BCUT2D eigenvalue weighted by atomic mass is 35.5. The quantitative estimate of drug-likeness (QED) is 0.787. The molecular weight excluding hydrogens is 202 g/mol. The van der Waals surface area contributed by atoms with Crippen LogP contribution in [0.2, 0.25) is 5.02 Å². The van der Waals surface area contributed by atoms with E-state index in [0.29, 0.717) is 16.7 Å². The van der Waals surface area contributed by atoms with Gasteiger partial charge in [0.1, 0.15) is 0 Å². The minimum Gasteiger partial charge on any atom is -0.504 e. The van der Waals surface area contributed by atoms with E-state index in [-0.39, 0.29) is 5.75 Å². The highest BCUT2D eigenvalue weighted by Gasteiger charge is 2.24. The molecule has 1 aromatic carbocycles. The molecule has 1 aromatic rings. The zero-order valence-electron chi connectivity index (χ0n) is 7.88. The van der Waals surface area contributed by atoms with Gasteiger partial charge in [-0.15, -0.1) is 0 Å². The molecule has 2 N–H and O–H groups in total. The normalized spacial score (nSPS) is 16.4. The first kappa shape index (κ1) is 9.62. The molecule has 0 aliphatic carbocycles. The number of benzene rings is 1. The Morgan fingerprint density at radius 2 is 2.21 bits per heavy atom. The van der Waals surface area contributed by atoms with Crippen LogP contribution in [0.1, 0.15) is 11.5 Å². The monoisotopic (exact) mass is 213 g/mol. The van der Waals surface area contributed by atoms with Crippen molar-refractivity contribution in [3.8, 4) is 11.5 Å². The lowest BCUT2D eigenvalue weighted by Crippen LogP contribution is -2.39. The molecule has 4 heteroatoms. The van der Waals surface area contributed by atoms with Gasteiger partial charge in [0.25, 0.3) is 0 Å². The zero-order chi connectivity index (χ0) is 10.1. The maximum atomic E-state index is 9.84. The van der Waals surface area contributed by atoms with Crippen molar-refractivity contribution in [2.45, 2.75) is 5.92 Å². The summed E-state index contributed by atoms with van der Waals surface area (Å²) in [5.74, 6) is 1.01. The lowest BCUT2D eigenvalue weighted by atomic mass is 9.93. The van der Waals surface area contributed by atoms with Crippen LogP contribution in [0.4, 0.5) is 0 Å². The number of nitrogens with one attached hydrogen (secondary N) is 1. The average Bonchev–Trinajstić information content (AvgIpc) is 2.07. The summed E-state index contributed by atoms with van der Waals surface area (Å²) in [5.41, 5.74) is 0.869. The van der Waals surface area contributed by atoms with Crippen LogP contribution in [0.15, 0.2) is 12.1 Å². The van der Waals surface area contributed by atoms with E-state index in [1.807, 2.05) is 0 Å². The van der Waals surface area contributed by atoms with Crippen molar-refractivity contribution in [3.63, 3.8) is 0 Å². The number of hydrogen-bond donors (Lipinski definition) is 2. The molecule has 0 aromatic heterocycles. The summed E-state index contributed by atoms with van der Waals surface area (Å²) in [7, 11) is 1.52. The van der Waals surface area contributed by atoms with Gasteiger partial charge in [-0.05, 0) is 6.07 Å². The minimum atomic E-state index is 0.211. The van der Waals surface area contributed by atoms with Crippen molar-refractivity contribution in [2.75, 3.05) is 20.2 Å². The number of methoxy groups -OCH3 is 1. The van der Waals surface area contributed by atoms with Crippen LogP contribution in [0.25, 0.3) is 0 Å². The van der Waals surface area contributed by atoms with E-state index in [1.165, 1.54) is 7.11 Å². The highest BCUT2D eigenvalue weighted by Crippen LogP contribution is 2.38. The Kier molecular flexibility index (Phi) is 2.52. The Hall–Kier alpha value is -0.930. The number of phenolic OH excluding ortho intramolecular Hbond substituents is 1. The molecule has 0 bridgehead atoms. The van der Waals surface area contributed by atoms with E-state index < -0.39 is 0 Å². The van der Waals surface area contributed by atoms with E-state index in [9.17, 15) is 5.11 Å². The fraction of sp³-hybridized carbons (Fsp3) is 0.400. The molecule has 0 radical (unpaired) electrons. The summed E-state index contributed by atoms with van der Waals surface area (Å²) in [5, 5.41) is 13.6. The summed E-state index contributed by atoms with van der Waals surface area (Å²) in [4.78, 5) is 0. The maximum absolute atomic E-state index is 9.84. The molecule has 1 aliphatic heterocycles. The summed E-state index contributed by atoms with van der Waals surface area (Å²) in [6, 6.07) is 3.41. The third-order valence-corrected chi connectivity index (χ3v) is 2.73. The third-order valence-electron chi connectivity index (χ3n) is 2.51. The van der Waals surface area contributed by atoms with E-state index >= 15 is 0 Å². The first-order valence-electron chi connectivity index (χ1n) is 4.49. The van der Waals surface area contributed by atoms with Gasteiger partial charge in [0.15, 0.2) is 11.5 Å². The molecule has 1 fully saturated rings. The molecule has 0 unspecified atom stereocenters. The Morgan fingerprint density at radius 1 is 1.50 bits per heavy atom. The SMILES string of the molecule is COc1cc(Cl)cc(C2CNC2)c1O. The van der Waals surface area contributed by atoms with E-state index in [2.05, 4.69) is 5.32 Å². The first-order valence-corrected chi connectivity index (χ1v) is 4.87. The number of rotatable bonds is 2. The second-order valence-electron chi connectivity index (χ2n) is 3.40. The van der Waals surface area contributed by atoms with Crippen LogP contribution >= 0.6 is 11.6 Å². The predicted octanol–water partition coefficient (Wildman–Crippen LogP) is 1.74. The molecule has 0 atom stereocenters. The van der Waals surface area contributed by atoms with Crippen molar-refractivity contribution in [2.24, 2.45) is 0 Å². The summed E-state index contributed by atoms with van der Waals surface area (Å²) in [6.45, 7) is 1.77. The van der Waals surface area contributed by atoms with Gasteiger partial charge in [0.05, 0.1) is 7.11 Å². The molecule has 0 amide bonds. The second kappa shape index (κ2) is 3.67. The van der Waals surface area contributed by atoms with Gasteiger partial charge in [-0.1, -0.05) is 11.6 Å². The number of hydrogen-bond acceptors (Lipinski definition) is 3. The van der Waals surface area contributed by atoms with Crippen LogP contribution in [0.3, 0.4) is 0 Å². The number of ether oxygens (including phenoxy) is 1. The molecular formula is C10H12ClNO2. The largest absolute Gasteiger partial charge is 0.504 e. The first-order chi connectivity index (χ1) is 6.72. The second-order valence-corrected chi connectivity index (χ2v) is 3.84. The molecule has 14 heavy (non-hydrogen) atoms. The van der Waals surface area contributed by atoms with Crippen LogP contribution in [-0.2, 0) is 0 Å². The van der Waals surface area contributed by atoms with Crippen LogP contribution in [0.5, 0.6) is 11.5 Å².